The second-order valence-electron chi connectivity index (χ2n) is 2.77. The van der Waals surface area contributed by atoms with Gasteiger partial charge in [-0.2, -0.15) is 0 Å². The molecule has 0 aliphatic carbocycles. The van der Waals surface area contributed by atoms with E-state index in [-0.39, 0.29) is 5.91 Å². The van der Waals surface area contributed by atoms with E-state index in [9.17, 15) is 4.79 Å². The molecular weight excluding hydrogens is 232 g/mol. The van der Waals surface area contributed by atoms with Crippen LogP contribution in [0.5, 0.6) is 0 Å². The Balaban J connectivity index is 2.19. The van der Waals surface area contributed by atoms with Crippen molar-refractivity contribution in [1.29, 1.82) is 0 Å². The normalized spacial score (nSPS) is 9.93. The van der Waals surface area contributed by atoms with Crippen molar-refractivity contribution in [3.05, 3.63) is 46.4 Å². The Hall–Kier alpha value is -1.39. The van der Waals surface area contributed by atoms with E-state index >= 15 is 0 Å². The molecule has 0 aliphatic heterocycles. The van der Waals surface area contributed by atoms with Gasteiger partial charge in [-0.15, -0.1) is 11.3 Å². The fourth-order valence-electron chi connectivity index (χ4n) is 1.09. The van der Waals surface area contributed by atoms with E-state index in [1.165, 1.54) is 11.3 Å². The summed E-state index contributed by atoms with van der Waals surface area (Å²) < 4.78 is 0. The summed E-state index contributed by atoms with van der Waals surface area (Å²) in [5.41, 5.74) is 0.453. The lowest BCUT2D eigenvalue weighted by Gasteiger charge is -2.02. The summed E-state index contributed by atoms with van der Waals surface area (Å²) in [5.74, 6) is -0.240. The van der Waals surface area contributed by atoms with E-state index in [2.05, 4.69) is 10.3 Å². The molecule has 1 aromatic carbocycles. The van der Waals surface area contributed by atoms with Gasteiger partial charge in [0.1, 0.15) is 0 Å². The molecule has 15 heavy (non-hydrogen) atoms. The number of nitrogens with one attached hydrogen (secondary N) is 1. The van der Waals surface area contributed by atoms with Gasteiger partial charge in [-0.05, 0) is 12.1 Å². The second-order valence-corrected chi connectivity index (χ2v) is 4.07. The van der Waals surface area contributed by atoms with Crippen molar-refractivity contribution >= 4 is 34.0 Å². The summed E-state index contributed by atoms with van der Waals surface area (Å²) in [6.45, 7) is 0. The van der Waals surface area contributed by atoms with Gasteiger partial charge >= 0.3 is 0 Å². The van der Waals surface area contributed by atoms with Crippen LogP contribution in [-0.2, 0) is 0 Å². The van der Waals surface area contributed by atoms with Crippen molar-refractivity contribution in [3.8, 4) is 0 Å². The molecule has 76 valence electrons. The average molecular weight is 239 g/mol. The minimum atomic E-state index is -0.240. The number of anilines is 1. The summed E-state index contributed by atoms with van der Waals surface area (Å²) in [6.07, 6.45) is 1.63. The molecule has 0 spiro atoms. The summed E-state index contributed by atoms with van der Waals surface area (Å²) in [4.78, 5) is 15.7. The smallest absolute Gasteiger partial charge is 0.258 e. The van der Waals surface area contributed by atoms with Gasteiger partial charge in [-0.25, -0.2) is 4.98 Å². The SMILES string of the molecule is O=C(Nc1nccs1)c1ccccc1Cl. The van der Waals surface area contributed by atoms with Gasteiger partial charge in [0.2, 0.25) is 0 Å². The highest BCUT2D eigenvalue weighted by Crippen LogP contribution is 2.17. The van der Waals surface area contributed by atoms with Gasteiger partial charge in [-0.1, -0.05) is 23.7 Å². The topological polar surface area (TPSA) is 42.0 Å². The Labute approximate surface area is 95.7 Å². The molecule has 1 heterocycles. The van der Waals surface area contributed by atoms with E-state index in [1.807, 2.05) is 0 Å². The number of hydrogen-bond donors (Lipinski definition) is 1. The number of benzene rings is 1. The molecule has 0 unspecified atom stereocenters. The van der Waals surface area contributed by atoms with Crippen molar-refractivity contribution < 1.29 is 4.79 Å². The van der Waals surface area contributed by atoms with Crippen LogP contribution in [0.3, 0.4) is 0 Å². The van der Waals surface area contributed by atoms with Crippen molar-refractivity contribution in [2.45, 2.75) is 0 Å². The van der Waals surface area contributed by atoms with Crippen LogP contribution < -0.4 is 5.32 Å². The van der Waals surface area contributed by atoms with Crippen LogP contribution in [0, 0.1) is 0 Å². The lowest BCUT2D eigenvalue weighted by Crippen LogP contribution is -2.11. The Morgan fingerprint density at radius 3 is 2.87 bits per heavy atom. The molecule has 2 rings (SSSR count). The summed E-state index contributed by atoms with van der Waals surface area (Å²) in [6, 6.07) is 6.90. The minimum absolute atomic E-state index is 0.240. The maximum Gasteiger partial charge on any atom is 0.258 e. The molecule has 1 amide bonds. The number of nitrogens with zero attached hydrogens (tertiary/aromatic N) is 1. The molecule has 2 aromatic rings. The number of hydrogen-bond acceptors (Lipinski definition) is 3. The van der Waals surface area contributed by atoms with E-state index in [0.29, 0.717) is 15.7 Å². The van der Waals surface area contributed by atoms with Crippen LogP contribution in [0.2, 0.25) is 5.02 Å². The predicted molar refractivity (Wildman–Crippen MR) is 61.5 cm³/mol. The highest BCUT2D eigenvalue weighted by molar-refractivity contribution is 7.13. The predicted octanol–water partition coefficient (Wildman–Crippen LogP) is 3.05. The van der Waals surface area contributed by atoms with E-state index in [4.69, 9.17) is 11.6 Å². The molecule has 0 bridgehead atoms. The highest BCUT2D eigenvalue weighted by Gasteiger charge is 2.10. The lowest BCUT2D eigenvalue weighted by atomic mass is 10.2. The number of carbonyl (C=O) groups is 1. The molecule has 0 saturated carbocycles. The van der Waals surface area contributed by atoms with Crippen LogP contribution in [0.4, 0.5) is 5.13 Å². The van der Waals surface area contributed by atoms with Crippen LogP contribution in [0.1, 0.15) is 10.4 Å². The van der Waals surface area contributed by atoms with Crippen molar-refractivity contribution in [3.63, 3.8) is 0 Å². The first-order chi connectivity index (χ1) is 7.27. The van der Waals surface area contributed by atoms with Crippen LogP contribution >= 0.6 is 22.9 Å². The Kier molecular flexibility index (Phi) is 2.99. The first-order valence-corrected chi connectivity index (χ1v) is 5.48. The largest absolute Gasteiger partial charge is 0.298 e. The number of carbonyl (C=O) groups excluding carboxylic acids is 1. The maximum absolute atomic E-state index is 11.7. The molecule has 0 atom stereocenters. The van der Waals surface area contributed by atoms with Gasteiger partial charge in [0.05, 0.1) is 10.6 Å². The molecule has 0 saturated heterocycles. The fourth-order valence-corrected chi connectivity index (χ4v) is 1.84. The molecule has 0 fully saturated rings. The number of thiazole rings is 1. The average Bonchev–Trinajstić information content (AvgIpc) is 2.71. The number of halogens is 1. The van der Waals surface area contributed by atoms with Crippen molar-refractivity contribution in [1.82, 2.24) is 4.98 Å². The zero-order valence-corrected chi connectivity index (χ0v) is 9.18. The molecule has 0 radical (unpaired) electrons. The first kappa shape index (κ1) is 10.1. The van der Waals surface area contributed by atoms with Crippen LogP contribution in [0.15, 0.2) is 35.8 Å². The standard InChI is InChI=1S/C10H7ClN2OS/c11-8-4-2-1-3-7(8)9(14)13-10-12-5-6-15-10/h1-6H,(H,12,13,14). The maximum atomic E-state index is 11.7. The highest BCUT2D eigenvalue weighted by atomic mass is 35.5. The van der Waals surface area contributed by atoms with Gasteiger partial charge in [-0.3, -0.25) is 10.1 Å². The van der Waals surface area contributed by atoms with Crippen LogP contribution in [-0.4, -0.2) is 10.9 Å². The number of aromatic nitrogens is 1. The molecule has 5 heteroatoms. The monoisotopic (exact) mass is 238 g/mol. The lowest BCUT2D eigenvalue weighted by molar-refractivity contribution is 0.102. The Morgan fingerprint density at radius 1 is 1.40 bits per heavy atom. The molecular formula is C10H7ClN2OS. The van der Waals surface area contributed by atoms with E-state index in [1.54, 1.807) is 35.8 Å². The third-order valence-corrected chi connectivity index (χ3v) is 2.79. The first-order valence-electron chi connectivity index (χ1n) is 4.23. The third-order valence-electron chi connectivity index (χ3n) is 1.77. The molecule has 1 aromatic heterocycles. The number of amides is 1. The molecule has 1 N–H and O–H groups in total. The van der Waals surface area contributed by atoms with Gasteiger partial charge < -0.3 is 0 Å². The Bertz CT molecular complexity index is 470. The van der Waals surface area contributed by atoms with E-state index in [0.717, 1.165) is 0 Å². The molecule has 3 nitrogen and oxygen atoms in total. The molecule has 0 aliphatic rings. The minimum Gasteiger partial charge on any atom is -0.298 e. The van der Waals surface area contributed by atoms with Crippen molar-refractivity contribution in [2.24, 2.45) is 0 Å². The second kappa shape index (κ2) is 4.42. The van der Waals surface area contributed by atoms with Crippen LogP contribution in [0.25, 0.3) is 0 Å². The fraction of sp³-hybridized carbons (Fsp3) is 0. The van der Waals surface area contributed by atoms with Crippen molar-refractivity contribution in [2.75, 3.05) is 5.32 Å². The summed E-state index contributed by atoms with van der Waals surface area (Å²) in [7, 11) is 0. The Morgan fingerprint density at radius 2 is 2.20 bits per heavy atom. The quantitative estimate of drug-likeness (QED) is 0.874. The zero-order chi connectivity index (χ0) is 10.7. The third kappa shape index (κ3) is 2.34. The van der Waals surface area contributed by atoms with Gasteiger partial charge in [0.25, 0.3) is 5.91 Å². The zero-order valence-electron chi connectivity index (χ0n) is 7.61. The van der Waals surface area contributed by atoms with Gasteiger partial charge in [0.15, 0.2) is 5.13 Å². The van der Waals surface area contributed by atoms with E-state index < -0.39 is 0 Å². The summed E-state index contributed by atoms with van der Waals surface area (Å²) in [5, 5.41) is 5.46. The number of rotatable bonds is 2. The van der Waals surface area contributed by atoms with Gasteiger partial charge in [0, 0.05) is 11.6 Å². The summed E-state index contributed by atoms with van der Waals surface area (Å²) >= 11 is 7.25.